The molecule has 2 aromatic carbocycles. The van der Waals surface area contributed by atoms with Crippen molar-refractivity contribution in [1.82, 2.24) is 0 Å². The highest BCUT2D eigenvalue weighted by Crippen LogP contribution is 2.21. The highest BCUT2D eigenvalue weighted by molar-refractivity contribution is 6.05. The summed E-state index contributed by atoms with van der Waals surface area (Å²) in [5.41, 5.74) is 2.58. The highest BCUT2D eigenvalue weighted by Gasteiger charge is 2.14. The van der Waals surface area contributed by atoms with Crippen LogP contribution in [-0.4, -0.2) is 18.9 Å². The van der Waals surface area contributed by atoms with Crippen LogP contribution in [-0.2, 0) is 4.79 Å². The van der Waals surface area contributed by atoms with Gasteiger partial charge in [-0.3, -0.25) is 9.59 Å². The molecule has 120 valence electrons. The molecule has 0 aliphatic rings. The van der Waals surface area contributed by atoms with Gasteiger partial charge in [0, 0.05) is 25.2 Å². The van der Waals surface area contributed by atoms with E-state index in [0.717, 1.165) is 5.69 Å². The molecule has 0 aliphatic carbocycles. The molecule has 0 aliphatic heterocycles. The summed E-state index contributed by atoms with van der Waals surface area (Å²) in [6, 6.07) is 14.5. The number of rotatable bonds is 4. The molecule has 2 aromatic rings. The number of hydrogen-bond acceptors (Lipinski definition) is 3. The maximum absolute atomic E-state index is 12.5. The fraction of sp³-hybridized carbons (Fsp3) is 0.263. The zero-order valence-electron chi connectivity index (χ0n) is 13.9. The molecule has 0 radical (unpaired) electrons. The standard InChI is InChI=1S/C19H21NO3/c1-13(2)15-5-7-16(8-6-15)19(22)20(4)17-9-11-18(12-10-17)23-14(3)21/h5-13H,1-4H3. The number of carbonyl (C=O) groups is 2. The molecule has 0 atom stereocenters. The van der Waals surface area contributed by atoms with Crippen LogP contribution in [0.1, 0.15) is 42.6 Å². The fourth-order valence-corrected chi connectivity index (χ4v) is 2.23. The van der Waals surface area contributed by atoms with Crippen LogP contribution in [0, 0.1) is 0 Å². The van der Waals surface area contributed by atoms with Crippen LogP contribution in [0.2, 0.25) is 0 Å². The molecule has 4 nitrogen and oxygen atoms in total. The summed E-state index contributed by atoms with van der Waals surface area (Å²) >= 11 is 0. The molecule has 0 heterocycles. The molecule has 23 heavy (non-hydrogen) atoms. The first-order valence-corrected chi connectivity index (χ1v) is 7.55. The number of amides is 1. The first-order chi connectivity index (χ1) is 10.9. The molecule has 0 spiro atoms. The average molecular weight is 311 g/mol. The van der Waals surface area contributed by atoms with Gasteiger partial charge in [0.05, 0.1) is 0 Å². The summed E-state index contributed by atoms with van der Waals surface area (Å²) in [6.07, 6.45) is 0. The molecule has 2 rings (SSSR count). The van der Waals surface area contributed by atoms with E-state index in [1.165, 1.54) is 12.5 Å². The van der Waals surface area contributed by atoms with Crippen molar-refractivity contribution in [2.24, 2.45) is 0 Å². The summed E-state index contributed by atoms with van der Waals surface area (Å²) in [5.74, 6) is 0.446. The molecule has 1 amide bonds. The lowest BCUT2D eigenvalue weighted by molar-refractivity contribution is -0.131. The van der Waals surface area contributed by atoms with Gasteiger partial charge < -0.3 is 9.64 Å². The maximum Gasteiger partial charge on any atom is 0.308 e. The number of nitrogens with zero attached hydrogens (tertiary/aromatic N) is 1. The Morgan fingerprint density at radius 2 is 1.52 bits per heavy atom. The smallest absolute Gasteiger partial charge is 0.308 e. The molecular formula is C19H21NO3. The minimum absolute atomic E-state index is 0.0828. The van der Waals surface area contributed by atoms with Crippen LogP contribution in [0.3, 0.4) is 0 Å². The number of hydrogen-bond donors (Lipinski definition) is 0. The van der Waals surface area contributed by atoms with E-state index in [1.54, 1.807) is 36.2 Å². The predicted molar refractivity (Wildman–Crippen MR) is 91.0 cm³/mol. The fourth-order valence-electron chi connectivity index (χ4n) is 2.23. The summed E-state index contributed by atoms with van der Waals surface area (Å²) in [6.45, 7) is 5.59. The zero-order valence-corrected chi connectivity index (χ0v) is 13.9. The Kier molecular flexibility index (Phi) is 5.16. The van der Waals surface area contributed by atoms with E-state index < -0.39 is 0 Å². The quantitative estimate of drug-likeness (QED) is 0.633. The van der Waals surface area contributed by atoms with Crippen molar-refractivity contribution in [1.29, 1.82) is 0 Å². The zero-order chi connectivity index (χ0) is 17.0. The van der Waals surface area contributed by atoms with E-state index in [4.69, 9.17) is 4.74 Å². The second kappa shape index (κ2) is 7.09. The Labute approximate surface area is 136 Å². The predicted octanol–water partition coefficient (Wildman–Crippen LogP) is 4.01. The van der Waals surface area contributed by atoms with Crippen molar-refractivity contribution in [3.8, 4) is 5.75 Å². The van der Waals surface area contributed by atoms with Crippen molar-refractivity contribution in [3.63, 3.8) is 0 Å². The first kappa shape index (κ1) is 16.7. The van der Waals surface area contributed by atoms with Gasteiger partial charge in [0.15, 0.2) is 0 Å². The maximum atomic E-state index is 12.5. The minimum atomic E-state index is -0.368. The van der Waals surface area contributed by atoms with Gasteiger partial charge in [-0.1, -0.05) is 26.0 Å². The lowest BCUT2D eigenvalue weighted by Gasteiger charge is -2.18. The van der Waals surface area contributed by atoms with E-state index in [1.807, 2.05) is 24.3 Å². The van der Waals surface area contributed by atoms with Gasteiger partial charge in [-0.15, -0.1) is 0 Å². The molecule has 0 bridgehead atoms. The van der Waals surface area contributed by atoms with Gasteiger partial charge >= 0.3 is 5.97 Å². The van der Waals surface area contributed by atoms with Gasteiger partial charge in [-0.05, 0) is 47.9 Å². The van der Waals surface area contributed by atoms with Gasteiger partial charge in [0.2, 0.25) is 0 Å². The van der Waals surface area contributed by atoms with Crippen LogP contribution in [0.15, 0.2) is 48.5 Å². The van der Waals surface area contributed by atoms with Crippen LogP contribution in [0.4, 0.5) is 5.69 Å². The lowest BCUT2D eigenvalue weighted by Crippen LogP contribution is -2.26. The third-order valence-electron chi connectivity index (χ3n) is 3.61. The lowest BCUT2D eigenvalue weighted by atomic mass is 10.0. The summed E-state index contributed by atoms with van der Waals surface area (Å²) < 4.78 is 4.99. The van der Waals surface area contributed by atoms with E-state index in [2.05, 4.69) is 13.8 Å². The minimum Gasteiger partial charge on any atom is -0.427 e. The van der Waals surface area contributed by atoms with Gasteiger partial charge in [-0.2, -0.15) is 0 Å². The van der Waals surface area contributed by atoms with Crippen molar-refractivity contribution < 1.29 is 14.3 Å². The summed E-state index contributed by atoms with van der Waals surface area (Å²) in [4.78, 5) is 25.0. The number of anilines is 1. The molecule has 4 heteroatoms. The van der Waals surface area contributed by atoms with Crippen molar-refractivity contribution in [2.45, 2.75) is 26.7 Å². The van der Waals surface area contributed by atoms with Crippen molar-refractivity contribution in [3.05, 3.63) is 59.7 Å². The van der Waals surface area contributed by atoms with E-state index in [9.17, 15) is 9.59 Å². The summed E-state index contributed by atoms with van der Waals surface area (Å²) in [5, 5.41) is 0. The van der Waals surface area contributed by atoms with E-state index in [-0.39, 0.29) is 11.9 Å². The van der Waals surface area contributed by atoms with E-state index >= 15 is 0 Å². The van der Waals surface area contributed by atoms with Gasteiger partial charge in [0.25, 0.3) is 5.91 Å². The Balaban J connectivity index is 2.13. The molecule has 0 saturated carbocycles. The molecule has 0 fully saturated rings. The Morgan fingerprint density at radius 3 is 2.00 bits per heavy atom. The molecule has 0 unspecified atom stereocenters. The second-order valence-corrected chi connectivity index (χ2v) is 5.73. The monoisotopic (exact) mass is 311 g/mol. The molecule has 0 saturated heterocycles. The Morgan fingerprint density at radius 1 is 0.957 bits per heavy atom. The largest absolute Gasteiger partial charge is 0.427 e. The number of benzene rings is 2. The van der Waals surface area contributed by atoms with Crippen LogP contribution in [0.25, 0.3) is 0 Å². The number of ether oxygens (including phenoxy) is 1. The highest BCUT2D eigenvalue weighted by atomic mass is 16.5. The SMILES string of the molecule is CC(=O)Oc1ccc(N(C)C(=O)c2ccc(C(C)C)cc2)cc1. The molecule has 0 aromatic heterocycles. The van der Waals surface area contributed by atoms with Gasteiger partial charge in [0.1, 0.15) is 5.75 Å². The van der Waals surface area contributed by atoms with Crippen LogP contribution >= 0.6 is 0 Å². The second-order valence-electron chi connectivity index (χ2n) is 5.73. The summed E-state index contributed by atoms with van der Waals surface area (Å²) in [7, 11) is 1.72. The van der Waals surface area contributed by atoms with Crippen molar-refractivity contribution in [2.75, 3.05) is 11.9 Å². The van der Waals surface area contributed by atoms with E-state index in [0.29, 0.717) is 17.2 Å². The number of carbonyl (C=O) groups excluding carboxylic acids is 2. The third kappa shape index (κ3) is 4.19. The van der Waals surface area contributed by atoms with Crippen LogP contribution in [0.5, 0.6) is 5.75 Å². The molecule has 0 N–H and O–H groups in total. The Hall–Kier alpha value is -2.62. The van der Waals surface area contributed by atoms with Crippen molar-refractivity contribution >= 4 is 17.6 Å². The topological polar surface area (TPSA) is 46.6 Å². The van der Waals surface area contributed by atoms with Crippen LogP contribution < -0.4 is 9.64 Å². The first-order valence-electron chi connectivity index (χ1n) is 7.55. The molecular weight excluding hydrogens is 290 g/mol. The average Bonchev–Trinajstić information content (AvgIpc) is 2.53. The number of esters is 1. The Bertz CT molecular complexity index is 688. The normalized spacial score (nSPS) is 10.5. The van der Waals surface area contributed by atoms with Gasteiger partial charge in [-0.25, -0.2) is 0 Å². The third-order valence-corrected chi connectivity index (χ3v) is 3.61.